The predicted octanol–water partition coefficient (Wildman–Crippen LogP) is 1.42. The Labute approximate surface area is 88.3 Å². The van der Waals surface area contributed by atoms with Crippen LogP contribution >= 0.6 is 0 Å². The normalized spacial score (nSPS) is 31.0. The van der Waals surface area contributed by atoms with Gasteiger partial charge in [0.2, 0.25) is 0 Å². The van der Waals surface area contributed by atoms with Crippen LogP contribution in [0.2, 0.25) is 0 Å². The molecule has 2 aliphatic heterocycles. The van der Waals surface area contributed by atoms with Gasteiger partial charge >= 0.3 is 0 Å². The first kappa shape index (κ1) is 11.6. The average Bonchev–Trinajstić information content (AvgIpc) is 2.80. The van der Waals surface area contributed by atoms with Crippen LogP contribution in [-0.4, -0.2) is 48.1 Å². The van der Waals surface area contributed by atoms with E-state index in [-0.39, 0.29) is 0 Å². The molecule has 2 aliphatic rings. The second kappa shape index (κ2) is 5.38. The number of hydrogen-bond donors (Lipinski definition) is 0. The Morgan fingerprint density at radius 1 is 1.21 bits per heavy atom. The van der Waals surface area contributed by atoms with Crippen molar-refractivity contribution in [1.29, 1.82) is 0 Å². The fourth-order valence-corrected chi connectivity index (χ4v) is 2.53. The molecule has 0 aromatic rings. The second-order valence-corrected chi connectivity index (χ2v) is 3.76. The molecule has 0 amide bonds. The first-order valence-electron chi connectivity index (χ1n) is 5.76. The molecule has 2 fully saturated rings. The van der Waals surface area contributed by atoms with Crippen LogP contribution in [0.3, 0.4) is 0 Å². The Hall–Kier alpha value is -0.520. The van der Waals surface area contributed by atoms with Gasteiger partial charge in [-0.3, -0.25) is 9.80 Å². The third-order valence-corrected chi connectivity index (χ3v) is 3.17. The van der Waals surface area contributed by atoms with E-state index < -0.39 is 0 Å². The Balaban J connectivity index is 0.000000461. The van der Waals surface area contributed by atoms with Crippen LogP contribution in [0.5, 0.6) is 0 Å². The monoisotopic (exact) mass is 194 g/mol. The molecule has 2 rings (SSSR count). The summed E-state index contributed by atoms with van der Waals surface area (Å²) in [7, 11) is 0. The smallest absolute Gasteiger partial charge is 0.0602 e. The molecule has 0 spiro atoms. The molecule has 2 heterocycles. The van der Waals surface area contributed by atoms with Gasteiger partial charge in [0.05, 0.1) is 6.54 Å². The van der Waals surface area contributed by atoms with Gasteiger partial charge in [0, 0.05) is 25.2 Å². The largest absolute Gasteiger partial charge is 0.298 e. The van der Waals surface area contributed by atoms with Gasteiger partial charge < -0.3 is 0 Å². The minimum Gasteiger partial charge on any atom is -0.298 e. The minimum absolute atomic E-state index is 0.756. The summed E-state index contributed by atoms with van der Waals surface area (Å²) < 4.78 is 0. The number of hydrogen-bond acceptors (Lipinski definition) is 2. The van der Waals surface area contributed by atoms with Gasteiger partial charge in [-0.05, 0) is 13.0 Å². The fourth-order valence-electron chi connectivity index (χ4n) is 2.53. The lowest BCUT2D eigenvalue weighted by atomic mass is 10.2. The highest BCUT2D eigenvalue weighted by atomic mass is 15.3. The van der Waals surface area contributed by atoms with Crippen LogP contribution in [-0.2, 0) is 0 Å². The molecular weight excluding hydrogens is 172 g/mol. The Kier molecular flexibility index (Phi) is 4.44. The molecule has 2 unspecified atom stereocenters. The third-order valence-electron chi connectivity index (χ3n) is 3.17. The topological polar surface area (TPSA) is 6.48 Å². The van der Waals surface area contributed by atoms with Crippen molar-refractivity contribution >= 4 is 0 Å². The van der Waals surface area contributed by atoms with Gasteiger partial charge in [-0.1, -0.05) is 26.7 Å². The van der Waals surface area contributed by atoms with Gasteiger partial charge in [0.25, 0.3) is 0 Å². The molecule has 0 aromatic carbocycles. The molecule has 2 saturated heterocycles. The SMILES string of the molecule is C#CCN1CC2CC1CN2CC.CC. The summed E-state index contributed by atoms with van der Waals surface area (Å²) in [5.41, 5.74) is 0. The van der Waals surface area contributed by atoms with Crippen molar-refractivity contribution in [3.63, 3.8) is 0 Å². The first-order valence-corrected chi connectivity index (χ1v) is 5.76. The lowest BCUT2D eigenvalue weighted by Crippen LogP contribution is -2.46. The van der Waals surface area contributed by atoms with Crippen molar-refractivity contribution < 1.29 is 0 Å². The summed E-state index contributed by atoms with van der Waals surface area (Å²) in [5, 5.41) is 0. The van der Waals surface area contributed by atoms with E-state index in [4.69, 9.17) is 6.42 Å². The Morgan fingerprint density at radius 3 is 2.21 bits per heavy atom. The van der Waals surface area contributed by atoms with Crippen LogP contribution in [0.25, 0.3) is 0 Å². The molecule has 2 nitrogen and oxygen atoms in total. The molecule has 0 saturated carbocycles. The van der Waals surface area contributed by atoms with Crippen molar-refractivity contribution in [3.05, 3.63) is 0 Å². The van der Waals surface area contributed by atoms with Crippen LogP contribution in [0.15, 0.2) is 0 Å². The van der Waals surface area contributed by atoms with Gasteiger partial charge in [0.1, 0.15) is 0 Å². The highest BCUT2D eigenvalue weighted by molar-refractivity contribution is 5.03. The zero-order valence-electron chi connectivity index (χ0n) is 9.66. The minimum atomic E-state index is 0.756. The number of likely N-dealkylation sites (tertiary alicyclic amines) is 2. The van der Waals surface area contributed by atoms with E-state index >= 15 is 0 Å². The van der Waals surface area contributed by atoms with Gasteiger partial charge in [-0.2, -0.15) is 0 Å². The van der Waals surface area contributed by atoms with E-state index in [0.717, 1.165) is 18.6 Å². The Morgan fingerprint density at radius 2 is 1.79 bits per heavy atom. The molecule has 2 atom stereocenters. The molecular formula is C12H22N2. The second-order valence-electron chi connectivity index (χ2n) is 3.76. The number of terminal acetylenes is 1. The van der Waals surface area contributed by atoms with Crippen molar-refractivity contribution in [2.24, 2.45) is 0 Å². The summed E-state index contributed by atoms with van der Waals surface area (Å²) in [4.78, 5) is 5.01. The molecule has 14 heavy (non-hydrogen) atoms. The van der Waals surface area contributed by atoms with Gasteiger partial charge in [-0.25, -0.2) is 0 Å². The Bertz CT molecular complexity index is 207. The highest BCUT2D eigenvalue weighted by Gasteiger charge is 2.41. The van der Waals surface area contributed by atoms with Crippen molar-refractivity contribution in [2.75, 3.05) is 26.2 Å². The molecule has 80 valence electrons. The summed E-state index contributed by atoms with van der Waals surface area (Å²) in [6.07, 6.45) is 6.64. The molecule has 0 N–H and O–H groups in total. The van der Waals surface area contributed by atoms with Crippen molar-refractivity contribution in [3.8, 4) is 12.3 Å². The van der Waals surface area contributed by atoms with E-state index in [2.05, 4.69) is 22.6 Å². The van der Waals surface area contributed by atoms with Gasteiger partial charge in [0.15, 0.2) is 0 Å². The number of nitrogens with zero attached hydrogens (tertiary/aromatic N) is 2. The number of rotatable bonds is 2. The zero-order chi connectivity index (χ0) is 10.6. The number of fused-ring (bicyclic) bond motifs is 2. The summed E-state index contributed by atoms with van der Waals surface area (Å²) >= 11 is 0. The molecule has 2 bridgehead atoms. The maximum atomic E-state index is 5.30. The maximum absolute atomic E-state index is 5.30. The number of likely N-dealkylation sites (N-methyl/N-ethyl adjacent to an activating group) is 1. The van der Waals surface area contributed by atoms with Crippen LogP contribution in [0, 0.1) is 12.3 Å². The summed E-state index contributed by atoms with van der Waals surface area (Å²) in [5.74, 6) is 2.73. The molecule has 0 aliphatic carbocycles. The molecule has 2 heteroatoms. The van der Waals surface area contributed by atoms with Crippen LogP contribution < -0.4 is 0 Å². The zero-order valence-corrected chi connectivity index (χ0v) is 9.66. The highest BCUT2D eigenvalue weighted by Crippen LogP contribution is 2.29. The third kappa shape index (κ3) is 2.10. The van der Waals surface area contributed by atoms with E-state index in [1.54, 1.807) is 0 Å². The maximum Gasteiger partial charge on any atom is 0.0602 e. The van der Waals surface area contributed by atoms with Gasteiger partial charge in [-0.15, -0.1) is 6.42 Å². The van der Waals surface area contributed by atoms with E-state index in [1.165, 1.54) is 26.1 Å². The van der Waals surface area contributed by atoms with E-state index in [9.17, 15) is 0 Å². The summed E-state index contributed by atoms with van der Waals surface area (Å²) in [6.45, 7) is 10.7. The fraction of sp³-hybridized carbons (Fsp3) is 0.833. The number of piperazine rings is 1. The van der Waals surface area contributed by atoms with Crippen LogP contribution in [0.1, 0.15) is 27.2 Å². The van der Waals surface area contributed by atoms with Crippen molar-refractivity contribution in [2.45, 2.75) is 39.3 Å². The quantitative estimate of drug-likeness (QED) is 0.614. The lowest BCUT2D eigenvalue weighted by molar-refractivity contribution is 0.145. The standard InChI is InChI=1S/C10H16N2.C2H6/c1-3-5-12-8-9-6-10(12)7-11(9)4-2;1-2/h1,9-10H,4-8H2,2H3;1-2H3. The van der Waals surface area contributed by atoms with E-state index in [0.29, 0.717) is 0 Å². The summed E-state index contributed by atoms with van der Waals surface area (Å²) in [6, 6.07) is 1.55. The lowest BCUT2D eigenvalue weighted by Gasteiger charge is -2.32. The molecule has 0 aromatic heterocycles. The van der Waals surface area contributed by atoms with E-state index in [1.807, 2.05) is 13.8 Å². The first-order chi connectivity index (χ1) is 6.85. The molecule has 0 radical (unpaired) electrons. The predicted molar refractivity (Wildman–Crippen MR) is 61.2 cm³/mol. The van der Waals surface area contributed by atoms with Crippen LogP contribution in [0.4, 0.5) is 0 Å². The average molecular weight is 194 g/mol. The van der Waals surface area contributed by atoms with Crippen molar-refractivity contribution in [1.82, 2.24) is 9.80 Å².